The van der Waals surface area contributed by atoms with E-state index in [-0.39, 0.29) is 6.10 Å². The van der Waals surface area contributed by atoms with E-state index in [2.05, 4.69) is 35.0 Å². The fourth-order valence-corrected chi connectivity index (χ4v) is 4.74. The summed E-state index contributed by atoms with van der Waals surface area (Å²) in [6, 6.07) is 1.94. The molecule has 0 radical (unpaired) electrons. The van der Waals surface area contributed by atoms with Gasteiger partial charge in [-0.15, -0.1) is 15.3 Å². The molecule has 0 aromatic carbocycles. The highest BCUT2D eigenvalue weighted by Crippen LogP contribution is 2.27. The second-order valence-electron chi connectivity index (χ2n) is 7.76. The molecule has 12 nitrogen and oxygen atoms in total. The van der Waals surface area contributed by atoms with Crippen LogP contribution in [0.3, 0.4) is 0 Å². The summed E-state index contributed by atoms with van der Waals surface area (Å²) >= 11 is 1.55. The smallest absolute Gasteiger partial charge is 0.192 e. The van der Waals surface area contributed by atoms with Crippen LogP contribution in [-0.4, -0.2) is 66.6 Å². The van der Waals surface area contributed by atoms with Crippen LogP contribution in [0, 0.1) is 0 Å². The summed E-state index contributed by atoms with van der Waals surface area (Å²) in [6.07, 6.45) is 7.61. The Balaban J connectivity index is 1.30. The van der Waals surface area contributed by atoms with E-state index in [0.717, 1.165) is 52.8 Å². The number of rotatable bonds is 6. The first kappa shape index (κ1) is 19.4. The number of hydrogen-bond acceptors (Lipinski definition) is 9. The summed E-state index contributed by atoms with van der Waals surface area (Å²) in [7, 11) is 3.75. The van der Waals surface area contributed by atoms with Crippen molar-refractivity contribution in [2.24, 2.45) is 14.1 Å². The average molecular weight is 452 g/mol. The highest BCUT2D eigenvalue weighted by Gasteiger charge is 2.23. The molecule has 0 unspecified atom stereocenters. The van der Waals surface area contributed by atoms with Crippen molar-refractivity contribution in [3.8, 4) is 11.5 Å². The van der Waals surface area contributed by atoms with Crippen molar-refractivity contribution in [1.29, 1.82) is 0 Å². The average Bonchev–Trinajstić information content (AvgIpc) is 3.58. The van der Waals surface area contributed by atoms with E-state index in [0.29, 0.717) is 18.1 Å². The van der Waals surface area contributed by atoms with Crippen LogP contribution in [0.15, 0.2) is 29.9 Å². The molecule has 1 fully saturated rings. The predicted octanol–water partition coefficient (Wildman–Crippen LogP) is 1.47. The van der Waals surface area contributed by atoms with Gasteiger partial charge >= 0.3 is 0 Å². The number of thioether (sulfide) groups is 1. The van der Waals surface area contributed by atoms with E-state index < -0.39 is 0 Å². The molecule has 13 heteroatoms. The lowest BCUT2D eigenvalue weighted by atomic mass is 10.2. The molecule has 0 bridgehead atoms. The minimum Gasteiger partial charge on any atom is -0.376 e. The van der Waals surface area contributed by atoms with E-state index in [1.54, 1.807) is 38.2 Å². The van der Waals surface area contributed by atoms with Gasteiger partial charge in [-0.05, 0) is 18.9 Å². The number of nitrogens with zero attached hydrogens (tertiary/aromatic N) is 11. The third-order valence-electron chi connectivity index (χ3n) is 5.51. The zero-order valence-corrected chi connectivity index (χ0v) is 18.5. The van der Waals surface area contributed by atoms with Crippen LogP contribution in [0.1, 0.15) is 18.7 Å². The number of ether oxygens (including phenoxy) is 1. The van der Waals surface area contributed by atoms with E-state index >= 15 is 0 Å². The van der Waals surface area contributed by atoms with E-state index in [1.807, 2.05) is 26.4 Å². The van der Waals surface area contributed by atoms with Crippen molar-refractivity contribution in [3.05, 3.63) is 30.6 Å². The molecule has 0 aliphatic carbocycles. The van der Waals surface area contributed by atoms with Gasteiger partial charge in [0.15, 0.2) is 28.1 Å². The quantitative estimate of drug-likeness (QED) is 0.354. The number of aromatic nitrogens is 11. The lowest BCUT2D eigenvalue weighted by Gasteiger charge is -2.13. The van der Waals surface area contributed by atoms with Crippen LogP contribution >= 0.6 is 11.8 Å². The van der Waals surface area contributed by atoms with Crippen molar-refractivity contribution in [1.82, 2.24) is 53.9 Å². The van der Waals surface area contributed by atoms with Gasteiger partial charge in [-0.3, -0.25) is 13.9 Å². The number of fused-ring (bicyclic) bond motifs is 3. The SMILES string of the molecule is Cn1ccc(-c2nnc(SCc3nc4c5cnn(C)c5ncn4n3)n2C[C@@H]2CCCO2)n1. The molecule has 1 aliphatic heterocycles. The van der Waals surface area contributed by atoms with Crippen LogP contribution in [0.25, 0.3) is 28.2 Å². The summed E-state index contributed by atoms with van der Waals surface area (Å²) in [5.41, 5.74) is 2.31. The maximum atomic E-state index is 5.87. The summed E-state index contributed by atoms with van der Waals surface area (Å²) in [6.45, 7) is 1.50. The highest BCUT2D eigenvalue weighted by atomic mass is 32.2. The van der Waals surface area contributed by atoms with E-state index in [9.17, 15) is 0 Å². The molecule has 5 aromatic rings. The molecule has 164 valence electrons. The lowest BCUT2D eigenvalue weighted by Crippen LogP contribution is -2.16. The number of aryl methyl sites for hydroxylation is 2. The molecule has 1 saturated heterocycles. The molecule has 5 aromatic heterocycles. The largest absolute Gasteiger partial charge is 0.376 e. The molecule has 6 heterocycles. The van der Waals surface area contributed by atoms with Crippen LogP contribution in [0.4, 0.5) is 0 Å². The Bertz CT molecular complexity index is 1410. The zero-order chi connectivity index (χ0) is 21.7. The summed E-state index contributed by atoms with van der Waals surface area (Å²) < 4.78 is 13.1. The molecular weight excluding hydrogens is 430 g/mol. The van der Waals surface area contributed by atoms with Crippen molar-refractivity contribution >= 4 is 28.4 Å². The van der Waals surface area contributed by atoms with Gasteiger partial charge in [-0.2, -0.15) is 10.2 Å². The van der Waals surface area contributed by atoms with Crippen LogP contribution in [0.5, 0.6) is 0 Å². The van der Waals surface area contributed by atoms with Gasteiger partial charge in [0.25, 0.3) is 0 Å². The molecule has 0 saturated carbocycles. The van der Waals surface area contributed by atoms with Gasteiger partial charge in [0, 0.05) is 26.9 Å². The molecule has 0 amide bonds. The zero-order valence-electron chi connectivity index (χ0n) is 17.7. The standard InChI is InChI=1S/C19H21N11OS/c1-27-6-5-14(25-27)18-23-24-19(29(18)9-12-4-3-7-31-12)32-10-15-22-17-13-8-21-28(2)16(13)20-11-30(17)26-15/h5-6,8,11-12H,3-4,7,9-10H2,1-2H3/t12-/m0/s1. The predicted molar refractivity (Wildman–Crippen MR) is 116 cm³/mol. The molecule has 6 rings (SSSR count). The Kier molecular flexibility index (Phi) is 4.64. The van der Waals surface area contributed by atoms with Gasteiger partial charge < -0.3 is 4.74 Å². The second-order valence-corrected chi connectivity index (χ2v) is 8.70. The summed E-state index contributed by atoms with van der Waals surface area (Å²) in [5, 5.41) is 23.9. The third kappa shape index (κ3) is 3.33. The van der Waals surface area contributed by atoms with E-state index in [4.69, 9.17) is 9.72 Å². The molecule has 0 spiro atoms. The molecule has 0 N–H and O–H groups in total. The minimum absolute atomic E-state index is 0.158. The molecule has 32 heavy (non-hydrogen) atoms. The third-order valence-corrected chi connectivity index (χ3v) is 6.48. The molecule has 1 atom stereocenters. The first-order chi connectivity index (χ1) is 15.7. The van der Waals surface area contributed by atoms with Crippen molar-refractivity contribution in [3.63, 3.8) is 0 Å². The van der Waals surface area contributed by atoms with Crippen molar-refractivity contribution in [2.75, 3.05) is 6.61 Å². The number of hydrogen-bond donors (Lipinski definition) is 0. The van der Waals surface area contributed by atoms with Gasteiger partial charge in [0.1, 0.15) is 12.0 Å². The normalized spacial score (nSPS) is 16.6. The first-order valence-electron chi connectivity index (χ1n) is 10.4. The monoisotopic (exact) mass is 451 g/mol. The van der Waals surface area contributed by atoms with Crippen molar-refractivity contribution in [2.45, 2.75) is 36.4 Å². The first-order valence-corrected chi connectivity index (χ1v) is 11.3. The molecule has 1 aliphatic rings. The fourth-order valence-electron chi connectivity index (χ4n) is 3.95. The minimum atomic E-state index is 0.158. The van der Waals surface area contributed by atoms with Crippen LogP contribution < -0.4 is 0 Å². The van der Waals surface area contributed by atoms with Gasteiger partial charge in [0.2, 0.25) is 0 Å². The Morgan fingerprint density at radius 3 is 2.94 bits per heavy atom. The van der Waals surface area contributed by atoms with Crippen LogP contribution in [-0.2, 0) is 31.1 Å². The summed E-state index contributed by atoms with van der Waals surface area (Å²) in [4.78, 5) is 9.13. The maximum Gasteiger partial charge on any atom is 0.192 e. The lowest BCUT2D eigenvalue weighted by molar-refractivity contribution is 0.0953. The van der Waals surface area contributed by atoms with Crippen LogP contribution in [0.2, 0.25) is 0 Å². The fraction of sp³-hybridized carbons (Fsp3) is 0.421. The topological polar surface area (TPSA) is 119 Å². The van der Waals surface area contributed by atoms with Gasteiger partial charge in [-0.25, -0.2) is 14.5 Å². The Morgan fingerprint density at radius 2 is 2.12 bits per heavy atom. The second kappa shape index (κ2) is 7.67. The van der Waals surface area contributed by atoms with E-state index in [1.165, 1.54) is 0 Å². The highest BCUT2D eigenvalue weighted by molar-refractivity contribution is 7.98. The Morgan fingerprint density at radius 1 is 1.19 bits per heavy atom. The summed E-state index contributed by atoms with van der Waals surface area (Å²) in [5.74, 6) is 1.99. The molecular formula is C19H21N11OS. The van der Waals surface area contributed by atoms with Crippen molar-refractivity contribution < 1.29 is 4.74 Å². The Labute approximate surface area is 186 Å². The Hall–Kier alpha value is -3.32. The van der Waals surface area contributed by atoms with Gasteiger partial charge in [-0.1, -0.05) is 11.8 Å². The maximum absolute atomic E-state index is 5.87. The van der Waals surface area contributed by atoms with Gasteiger partial charge in [0.05, 0.1) is 30.0 Å².